The van der Waals surface area contributed by atoms with Crippen molar-refractivity contribution in [3.63, 3.8) is 0 Å². The molecule has 0 bridgehead atoms. The molecule has 0 unspecified atom stereocenters. The van der Waals surface area contributed by atoms with Crippen molar-refractivity contribution in [3.05, 3.63) is 41.3 Å². The van der Waals surface area contributed by atoms with Crippen LogP contribution in [0, 0.1) is 0 Å². The van der Waals surface area contributed by atoms with E-state index in [1.165, 1.54) is 9.71 Å². The number of alkyl carbamates (subject to hydrolysis) is 1. The molecule has 8 nitrogen and oxygen atoms in total. The minimum atomic E-state index is -3.53. The van der Waals surface area contributed by atoms with E-state index in [9.17, 15) is 18.0 Å². The van der Waals surface area contributed by atoms with Crippen LogP contribution in [-0.4, -0.2) is 67.9 Å². The maximum atomic E-state index is 12.5. The third-order valence-electron chi connectivity index (χ3n) is 4.19. The molecule has 0 aliphatic carbocycles. The molecule has 1 saturated heterocycles. The fourth-order valence-corrected chi connectivity index (χ4v) is 3.92. The van der Waals surface area contributed by atoms with Gasteiger partial charge in [0.2, 0.25) is 15.9 Å². The fourth-order valence-electron chi connectivity index (χ4n) is 2.75. The number of nitrogens with zero attached hydrogens (tertiary/aromatic N) is 2. The van der Waals surface area contributed by atoms with Crippen molar-refractivity contribution in [2.45, 2.75) is 32.8 Å². The van der Waals surface area contributed by atoms with Crippen LogP contribution < -0.4 is 5.32 Å². The van der Waals surface area contributed by atoms with E-state index in [4.69, 9.17) is 4.74 Å². The average Bonchev–Trinajstić information content (AvgIpc) is 2.66. The SMILES string of the molecule is CC(C)(C)OC(=O)NCCC(=O)N1CCN(S(=O)(=O)/C=C/c2ccccc2)CC1. The topological polar surface area (TPSA) is 96.0 Å². The Morgan fingerprint density at radius 3 is 2.31 bits per heavy atom. The van der Waals surface area contributed by atoms with Crippen molar-refractivity contribution in [2.75, 3.05) is 32.7 Å². The number of carbonyl (C=O) groups is 2. The lowest BCUT2D eigenvalue weighted by Crippen LogP contribution is -2.50. The minimum absolute atomic E-state index is 0.127. The van der Waals surface area contributed by atoms with E-state index in [1.807, 2.05) is 30.3 Å². The van der Waals surface area contributed by atoms with Gasteiger partial charge in [0, 0.05) is 44.6 Å². The molecule has 1 N–H and O–H groups in total. The Labute approximate surface area is 172 Å². The second kappa shape index (κ2) is 9.89. The quantitative estimate of drug-likeness (QED) is 0.755. The Balaban J connectivity index is 1.77. The van der Waals surface area contributed by atoms with Crippen LogP contribution in [0.3, 0.4) is 0 Å². The number of benzene rings is 1. The van der Waals surface area contributed by atoms with Gasteiger partial charge in [0.1, 0.15) is 5.60 Å². The molecule has 9 heteroatoms. The van der Waals surface area contributed by atoms with Crippen LogP contribution in [0.4, 0.5) is 4.79 Å². The molecule has 1 aromatic carbocycles. The number of rotatable bonds is 6. The predicted octanol–water partition coefficient (Wildman–Crippen LogP) is 2.05. The van der Waals surface area contributed by atoms with E-state index in [-0.39, 0.29) is 32.0 Å². The number of sulfonamides is 1. The molecule has 0 aromatic heterocycles. The van der Waals surface area contributed by atoms with E-state index < -0.39 is 21.7 Å². The summed E-state index contributed by atoms with van der Waals surface area (Å²) < 4.78 is 31.4. The van der Waals surface area contributed by atoms with Gasteiger partial charge in [-0.3, -0.25) is 4.79 Å². The molecule has 0 radical (unpaired) electrons. The summed E-state index contributed by atoms with van der Waals surface area (Å²) in [6.07, 6.45) is 1.14. The number of nitrogens with one attached hydrogen (secondary N) is 1. The van der Waals surface area contributed by atoms with Gasteiger partial charge in [0.25, 0.3) is 0 Å². The Morgan fingerprint density at radius 2 is 1.72 bits per heavy atom. The number of ether oxygens (including phenoxy) is 1. The molecule has 0 spiro atoms. The number of piperazine rings is 1. The molecule has 1 aromatic rings. The largest absolute Gasteiger partial charge is 0.444 e. The zero-order valence-electron chi connectivity index (χ0n) is 17.1. The molecule has 1 aliphatic rings. The molecule has 2 amide bonds. The summed E-state index contributed by atoms with van der Waals surface area (Å²) in [5.41, 5.74) is 0.215. The highest BCUT2D eigenvalue weighted by Gasteiger charge is 2.27. The van der Waals surface area contributed by atoms with E-state index in [0.29, 0.717) is 13.1 Å². The Bertz CT molecular complexity index is 823. The Morgan fingerprint density at radius 1 is 1.10 bits per heavy atom. The van der Waals surface area contributed by atoms with Crippen molar-refractivity contribution < 1.29 is 22.7 Å². The monoisotopic (exact) mass is 423 g/mol. The summed E-state index contributed by atoms with van der Waals surface area (Å²) in [4.78, 5) is 25.5. The van der Waals surface area contributed by atoms with Crippen LogP contribution in [0.5, 0.6) is 0 Å². The van der Waals surface area contributed by atoms with Crippen molar-refractivity contribution >= 4 is 28.1 Å². The first-order valence-corrected chi connectivity index (χ1v) is 11.0. The summed E-state index contributed by atoms with van der Waals surface area (Å²) in [5.74, 6) is -0.127. The van der Waals surface area contributed by atoms with Crippen molar-refractivity contribution in [1.29, 1.82) is 0 Å². The summed E-state index contributed by atoms with van der Waals surface area (Å²) in [6.45, 7) is 6.60. The lowest BCUT2D eigenvalue weighted by Gasteiger charge is -2.33. The first kappa shape index (κ1) is 22.9. The smallest absolute Gasteiger partial charge is 0.407 e. The molecule has 1 fully saturated rings. The normalized spacial score (nSPS) is 16.0. The van der Waals surface area contributed by atoms with E-state index in [1.54, 1.807) is 31.7 Å². The predicted molar refractivity (Wildman–Crippen MR) is 111 cm³/mol. The zero-order valence-corrected chi connectivity index (χ0v) is 17.9. The standard InChI is InChI=1S/C20H29N3O5S/c1-20(2,3)28-19(25)21-11-9-18(24)22-12-14-23(15-13-22)29(26,27)16-10-17-7-5-4-6-8-17/h4-8,10,16H,9,11-15H2,1-3H3,(H,21,25)/b16-10+. The second-order valence-corrected chi connectivity index (χ2v) is 9.54. The zero-order chi connectivity index (χ0) is 21.5. The third-order valence-corrected chi connectivity index (χ3v) is 5.76. The summed E-state index contributed by atoms with van der Waals surface area (Å²) in [6, 6.07) is 9.20. The van der Waals surface area contributed by atoms with Crippen molar-refractivity contribution in [3.8, 4) is 0 Å². The van der Waals surface area contributed by atoms with Gasteiger partial charge in [0.05, 0.1) is 0 Å². The molecule has 29 heavy (non-hydrogen) atoms. The van der Waals surface area contributed by atoms with Crippen LogP contribution in [0.25, 0.3) is 6.08 Å². The van der Waals surface area contributed by atoms with Gasteiger partial charge in [0.15, 0.2) is 0 Å². The lowest BCUT2D eigenvalue weighted by molar-refractivity contribution is -0.132. The minimum Gasteiger partial charge on any atom is -0.444 e. The molecule has 0 atom stereocenters. The first-order valence-electron chi connectivity index (χ1n) is 9.55. The second-order valence-electron chi connectivity index (χ2n) is 7.72. The molecular weight excluding hydrogens is 394 g/mol. The molecule has 1 heterocycles. The summed E-state index contributed by atoms with van der Waals surface area (Å²) in [7, 11) is -3.53. The summed E-state index contributed by atoms with van der Waals surface area (Å²) in [5, 5.41) is 3.75. The number of hydrogen-bond donors (Lipinski definition) is 1. The molecule has 2 rings (SSSR count). The Kier molecular flexibility index (Phi) is 7.80. The lowest BCUT2D eigenvalue weighted by atomic mass is 10.2. The van der Waals surface area contributed by atoms with E-state index in [0.717, 1.165) is 5.56 Å². The van der Waals surface area contributed by atoms with Gasteiger partial charge in [-0.1, -0.05) is 30.3 Å². The van der Waals surface area contributed by atoms with Crippen molar-refractivity contribution in [2.24, 2.45) is 0 Å². The molecular formula is C20H29N3O5S. The van der Waals surface area contributed by atoms with Crippen LogP contribution >= 0.6 is 0 Å². The van der Waals surface area contributed by atoms with Gasteiger partial charge in [-0.15, -0.1) is 0 Å². The number of amides is 2. The Hall–Kier alpha value is -2.39. The van der Waals surface area contributed by atoms with Gasteiger partial charge in [-0.05, 0) is 32.4 Å². The summed E-state index contributed by atoms with van der Waals surface area (Å²) >= 11 is 0. The van der Waals surface area contributed by atoms with Crippen LogP contribution in [0.2, 0.25) is 0 Å². The molecule has 0 saturated carbocycles. The highest BCUT2D eigenvalue weighted by atomic mass is 32.2. The average molecular weight is 424 g/mol. The highest BCUT2D eigenvalue weighted by molar-refractivity contribution is 7.92. The van der Waals surface area contributed by atoms with Gasteiger partial charge in [-0.25, -0.2) is 13.2 Å². The molecule has 160 valence electrons. The van der Waals surface area contributed by atoms with Crippen molar-refractivity contribution in [1.82, 2.24) is 14.5 Å². The van der Waals surface area contributed by atoms with Crippen LogP contribution in [0.1, 0.15) is 32.8 Å². The van der Waals surface area contributed by atoms with E-state index in [2.05, 4.69) is 5.32 Å². The highest BCUT2D eigenvalue weighted by Crippen LogP contribution is 2.12. The van der Waals surface area contributed by atoms with Gasteiger partial charge < -0.3 is 15.0 Å². The number of carbonyl (C=O) groups excluding carboxylic acids is 2. The maximum absolute atomic E-state index is 12.5. The van der Waals surface area contributed by atoms with Gasteiger partial charge >= 0.3 is 6.09 Å². The molecule has 1 aliphatic heterocycles. The first-order chi connectivity index (χ1) is 13.6. The fraction of sp³-hybridized carbons (Fsp3) is 0.500. The third kappa shape index (κ3) is 7.86. The van der Waals surface area contributed by atoms with Crippen LogP contribution in [-0.2, 0) is 19.6 Å². The van der Waals surface area contributed by atoms with Crippen LogP contribution in [0.15, 0.2) is 35.7 Å². The van der Waals surface area contributed by atoms with E-state index >= 15 is 0 Å². The van der Waals surface area contributed by atoms with Gasteiger partial charge in [-0.2, -0.15) is 4.31 Å². The number of hydrogen-bond acceptors (Lipinski definition) is 5. The maximum Gasteiger partial charge on any atom is 0.407 e.